The number of aryl methyl sites for hydroxylation is 4. The van der Waals surface area contributed by atoms with Gasteiger partial charge in [0.1, 0.15) is 6.20 Å². The summed E-state index contributed by atoms with van der Waals surface area (Å²) >= 11 is 0. The lowest BCUT2D eigenvalue weighted by Crippen LogP contribution is -2.01. The Bertz CT molecular complexity index is 606. The number of benzene rings is 1. The van der Waals surface area contributed by atoms with Crippen molar-refractivity contribution in [2.45, 2.75) is 27.7 Å². The maximum absolute atomic E-state index is 10.8. The van der Waals surface area contributed by atoms with E-state index in [1.54, 1.807) is 11.5 Å². The molecular formula is C13H15N3O2. The summed E-state index contributed by atoms with van der Waals surface area (Å²) < 4.78 is 1.78. The molecule has 5 nitrogen and oxygen atoms in total. The van der Waals surface area contributed by atoms with Crippen molar-refractivity contribution in [2.24, 2.45) is 0 Å². The van der Waals surface area contributed by atoms with Crippen LogP contribution in [0, 0.1) is 37.8 Å². The number of aromatic nitrogens is 2. The topological polar surface area (TPSA) is 61.0 Å². The van der Waals surface area contributed by atoms with E-state index in [0.29, 0.717) is 5.82 Å². The smallest absolute Gasteiger partial charge is 0.358 e. The van der Waals surface area contributed by atoms with Crippen LogP contribution < -0.4 is 0 Å². The monoisotopic (exact) mass is 245 g/mol. The molecule has 5 heteroatoms. The highest BCUT2D eigenvalue weighted by Gasteiger charge is 2.18. The molecule has 0 N–H and O–H groups in total. The molecular weight excluding hydrogens is 230 g/mol. The quantitative estimate of drug-likeness (QED) is 0.603. The first-order valence-corrected chi connectivity index (χ1v) is 5.68. The van der Waals surface area contributed by atoms with Gasteiger partial charge < -0.3 is 10.1 Å². The van der Waals surface area contributed by atoms with E-state index in [-0.39, 0.29) is 5.82 Å². The zero-order chi connectivity index (χ0) is 13.4. The molecule has 0 fully saturated rings. The van der Waals surface area contributed by atoms with Crippen LogP contribution in [0.2, 0.25) is 0 Å². The van der Waals surface area contributed by atoms with Gasteiger partial charge in [0.25, 0.3) is 0 Å². The fourth-order valence-corrected chi connectivity index (χ4v) is 2.32. The first-order chi connectivity index (χ1) is 8.40. The maximum Gasteiger partial charge on any atom is 0.382 e. The van der Waals surface area contributed by atoms with Crippen LogP contribution in [-0.4, -0.2) is 14.5 Å². The lowest BCUT2D eigenvalue weighted by molar-refractivity contribution is -0.389. The second-order valence-electron chi connectivity index (χ2n) is 4.52. The van der Waals surface area contributed by atoms with Crippen LogP contribution >= 0.6 is 0 Å². The highest BCUT2D eigenvalue weighted by atomic mass is 16.6. The highest BCUT2D eigenvalue weighted by molar-refractivity contribution is 5.50. The molecule has 0 atom stereocenters. The molecule has 0 saturated carbocycles. The molecule has 0 saturated heterocycles. The molecule has 0 aliphatic heterocycles. The minimum Gasteiger partial charge on any atom is -0.358 e. The molecule has 18 heavy (non-hydrogen) atoms. The maximum atomic E-state index is 10.8. The van der Waals surface area contributed by atoms with Gasteiger partial charge in [0.15, 0.2) is 0 Å². The molecule has 0 amide bonds. The van der Waals surface area contributed by atoms with Gasteiger partial charge >= 0.3 is 5.82 Å². The Hall–Kier alpha value is -2.17. The van der Waals surface area contributed by atoms with Crippen molar-refractivity contribution >= 4 is 5.82 Å². The molecule has 1 aromatic heterocycles. The van der Waals surface area contributed by atoms with Gasteiger partial charge in [0, 0.05) is 6.92 Å². The zero-order valence-electron chi connectivity index (χ0n) is 10.9. The highest BCUT2D eigenvalue weighted by Crippen LogP contribution is 2.24. The zero-order valence-corrected chi connectivity index (χ0v) is 10.9. The fourth-order valence-electron chi connectivity index (χ4n) is 2.32. The summed E-state index contributed by atoms with van der Waals surface area (Å²) in [6.45, 7) is 7.81. The van der Waals surface area contributed by atoms with E-state index >= 15 is 0 Å². The summed E-state index contributed by atoms with van der Waals surface area (Å²) in [6.07, 6.45) is 1.47. The second-order valence-corrected chi connectivity index (χ2v) is 4.52. The van der Waals surface area contributed by atoms with Crippen LogP contribution in [0.4, 0.5) is 5.82 Å². The van der Waals surface area contributed by atoms with Crippen molar-refractivity contribution < 1.29 is 4.92 Å². The molecule has 0 aliphatic carbocycles. The van der Waals surface area contributed by atoms with E-state index in [1.165, 1.54) is 11.8 Å². The van der Waals surface area contributed by atoms with Crippen LogP contribution in [0.3, 0.4) is 0 Å². The second kappa shape index (κ2) is 4.25. The number of hydrogen-bond donors (Lipinski definition) is 0. The average molecular weight is 245 g/mol. The van der Waals surface area contributed by atoms with Crippen molar-refractivity contribution in [3.63, 3.8) is 0 Å². The first kappa shape index (κ1) is 12.3. The molecule has 2 rings (SSSR count). The third-order valence-corrected chi connectivity index (χ3v) is 2.93. The van der Waals surface area contributed by atoms with E-state index < -0.39 is 4.92 Å². The van der Waals surface area contributed by atoms with E-state index in [1.807, 2.05) is 20.8 Å². The van der Waals surface area contributed by atoms with Gasteiger partial charge in [-0.3, -0.25) is 4.57 Å². The first-order valence-electron chi connectivity index (χ1n) is 5.68. The SMILES string of the molecule is Cc1cc(C)c(-n2cc([N+](=O)[O-])nc2C)c(C)c1. The molecule has 0 radical (unpaired) electrons. The van der Waals surface area contributed by atoms with Crippen molar-refractivity contribution in [1.29, 1.82) is 0 Å². The van der Waals surface area contributed by atoms with E-state index in [2.05, 4.69) is 17.1 Å². The third-order valence-electron chi connectivity index (χ3n) is 2.93. The Balaban J connectivity index is 2.66. The summed E-state index contributed by atoms with van der Waals surface area (Å²) in [5, 5.41) is 10.8. The molecule has 94 valence electrons. The van der Waals surface area contributed by atoms with E-state index in [9.17, 15) is 10.1 Å². The van der Waals surface area contributed by atoms with Gasteiger partial charge in [-0.1, -0.05) is 17.7 Å². The van der Waals surface area contributed by atoms with Crippen LogP contribution in [0.25, 0.3) is 5.69 Å². The van der Waals surface area contributed by atoms with Gasteiger partial charge in [-0.2, -0.15) is 0 Å². The fraction of sp³-hybridized carbons (Fsp3) is 0.308. The summed E-state index contributed by atoms with van der Waals surface area (Å²) in [5.41, 5.74) is 4.32. The van der Waals surface area contributed by atoms with Crippen molar-refractivity contribution in [3.8, 4) is 5.69 Å². The molecule has 0 aliphatic rings. The molecule has 0 spiro atoms. The number of imidazole rings is 1. The number of nitrogens with zero attached hydrogens (tertiary/aromatic N) is 3. The van der Waals surface area contributed by atoms with Crippen molar-refractivity contribution in [2.75, 3.05) is 0 Å². The summed E-state index contributed by atoms with van der Waals surface area (Å²) in [4.78, 5) is 14.2. The van der Waals surface area contributed by atoms with Gasteiger partial charge in [-0.25, -0.2) is 0 Å². The molecule has 1 heterocycles. The number of nitro groups is 1. The van der Waals surface area contributed by atoms with Crippen LogP contribution in [0.15, 0.2) is 18.3 Å². The third kappa shape index (κ3) is 1.99. The minimum atomic E-state index is -0.470. The van der Waals surface area contributed by atoms with E-state index in [0.717, 1.165) is 16.8 Å². The lowest BCUT2D eigenvalue weighted by atomic mass is 10.0. The number of rotatable bonds is 2. The van der Waals surface area contributed by atoms with Gasteiger partial charge in [-0.05, 0) is 41.8 Å². The number of hydrogen-bond acceptors (Lipinski definition) is 3. The summed E-state index contributed by atoms with van der Waals surface area (Å²) in [5.74, 6) is 0.503. The standard InChI is InChI=1S/C13H15N3O2/c1-8-5-9(2)13(10(3)6-8)15-7-12(16(17)18)14-11(15)4/h5-7H,1-4H3. The lowest BCUT2D eigenvalue weighted by Gasteiger charge is -2.11. The predicted octanol–water partition coefficient (Wildman–Crippen LogP) is 3.01. The van der Waals surface area contributed by atoms with Crippen LogP contribution in [0.5, 0.6) is 0 Å². The predicted molar refractivity (Wildman–Crippen MR) is 69.2 cm³/mol. The van der Waals surface area contributed by atoms with E-state index in [4.69, 9.17) is 0 Å². The van der Waals surface area contributed by atoms with Gasteiger partial charge in [0.2, 0.25) is 5.82 Å². The van der Waals surface area contributed by atoms with Crippen molar-refractivity contribution in [3.05, 3.63) is 51.0 Å². The van der Waals surface area contributed by atoms with Crippen LogP contribution in [-0.2, 0) is 0 Å². The molecule has 0 unspecified atom stereocenters. The molecule has 2 aromatic rings. The molecule has 1 aromatic carbocycles. The van der Waals surface area contributed by atoms with Crippen LogP contribution in [0.1, 0.15) is 22.5 Å². The Morgan fingerprint density at radius 3 is 2.17 bits per heavy atom. The van der Waals surface area contributed by atoms with Crippen molar-refractivity contribution in [1.82, 2.24) is 9.55 Å². The Labute approximate surface area is 105 Å². The van der Waals surface area contributed by atoms with Gasteiger partial charge in [0.05, 0.1) is 5.69 Å². The minimum absolute atomic E-state index is 0.119. The Morgan fingerprint density at radius 2 is 1.72 bits per heavy atom. The summed E-state index contributed by atoms with van der Waals surface area (Å²) in [6, 6.07) is 4.13. The Kier molecular flexibility index (Phi) is 2.90. The summed E-state index contributed by atoms with van der Waals surface area (Å²) in [7, 11) is 0. The van der Waals surface area contributed by atoms with Gasteiger partial charge in [-0.15, -0.1) is 0 Å². The Morgan fingerprint density at radius 1 is 1.17 bits per heavy atom. The largest absolute Gasteiger partial charge is 0.382 e. The normalized spacial score (nSPS) is 10.7. The molecule has 0 bridgehead atoms. The average Bonchev–Trinajstić information content (AvgIpc) is 2.59.